The number of benzene rings is 2. The quantitative estimate of drug-likeness (QED) is 0.427. The van der Waals surface area contributed by atoms with Crippen molar-refractivity contribution in [3.8, 4) is 0 Å². The molecule has 0 spiro atoms. The van der Waals surface area contributed by atoms with E-state index >= 15 is 0 Å². The van der Waals surface area contributed by atoms with E-state index in [1.54, 1.807) is 6.20 Å². The molecule has 2 aromatic carbocycles. The van der Waals surface area contributed by atoms with Crippen molar-refractivity contribution in [1.82, 2.24) is 9.55 Å². The zero-order chi connectivity index (χ0) is 17.9. The average Bonchev–Trinajstić information content (AvgIpc) is 3.09. The number of alkyl halides is 1. The number of imidazole rings is 1. The van der Waals surface area contributed by atoms with Crippen molar-refractivity contribution in [2.24, 2.45) is 0 Å². The molecule has 4 heteroatoms. The van der Waals surface area contributed by atoms with Gasteiger partial charge in [0.25, 0.3) is 0 Å². The van der Waals surface area contributed by atoms with Crippen LogP contribution >= 0.6 is 27.5 Å². The van der Waals surface area contributed by atoms with E-state index in [0.29, 0.717) is 16.0 Å². The second-order valence-corrected chi connectivity index (χ2v) is 8.68. The highest BCUT2D eigenvalue weighted by atomic mass is 79.9. The number of halogens is 2. The van der Waals surface area contributed by atoms with Crippen molar-refractivity contribution in [1.29, 1.82) is 0 Å². The Balaban J connectivity index is 1.67. The van der Waals surface area contributed by atoms with Crippen LogP contribution in [0.1, 0.15) is 54.3 Å². The molecule has 1 aliphatic rings. The van der Waals surface area contributed by atoms with E-state index in [1.165, 1.54) is 42.4 Å². The first-order chi connectivity index (χ1) is 12.7. The summed E-state index contributed by atoms with van der Waals surface area (Å²) in [5.41, 5.74) is 3.88. The molecule has 1 saturated carbocycles. The topological polar surface area (TPSA) is 17.8 Å². The van der Waals surface area contributed by atoms with Gasteiger partial charge >= 0.3 is 0 Å². The zero-order valence-electron chi connectivity index (χ0n) is 14.6. The minimum Gasteiger partial charge on any atom is -0.310 e. The zero-order valence-corrected chi connectivity index (χ0v) is 16.9. The molecule has 0 aliphatic heterocycles. The molecule has 4 rings (SSSR count). The molecule has 0 radical (unpaired) electrons. The fourth-order valence-electron chi connectivity index (χ4n) is 4.02. The van der Waals surface area contributed by atoms with Crippen LogP contribution in [-0.4, -0.2) is 14.4 Å². The van der Waals surface area contributed by atoms with E-state index in [1.807, 2.05) is 16.8 Å². The van der Waals surface area contributed by atoms with Crippen LogP contribution in [0.5, 0.6) is 0 Å². The highest BCUT2D eigenvalue weighted by Crippen LogP contribution is 2.37. The summed E-state index contributed by atoms with van der Waals surface area (Å²) in [6, 6.07) is 19.6. The Morgan fingerprint density at radius 1 is 1.00 bits per heavy atom. The van der Waals surface area contributed by atoms with Gasteiger partial charge in [-0.1, -0.05) is 76.9 Å². The molecule has 3 aromatic rings. The molecule has 134 valence electrons. The van der Waals surface area contributed by atoms with Gasteiger partial charge in [-0.25, -0.2) is 4.98 Å². The van der Waals surface area contributed by atoms with Gasteiger partial charge in [0.1, 0.15) is 0 Å². The second kappa shape index (κ2) is 7.98. The number of hydrogen-bond acceptors (Lipinski definition) is 1. The van der Waals surface area contributed by atoms with Crippen molar-refractivity contribution in [3.63, 3.8) is 0 Å². The SMILES string of the molecule is Clc1nccn1C(c1ccccc1)c1ccc(C2CCCC(Br)C2)cc1. The summed E-state index contributed by atoms with van der Waals surface area (Å²) in [6.07, 6.45) is 8.82. The lowest BCUT2D eigenvalue weighted by Crippen LogP contribution is -2.14. The third-order valence-corrected chi connectivity index (χ3v) is 6.47. The van der Waals surface area contributed by atoms with Crippen molar-refractivity contribution in [3.05, 3.63) is 89.0 Å². The maximum absolute atomic E-state index is 6.35. The van der Waals surface area contributed by atoms with E-state index in [2.05, 4.69) is 69.4 Å². The normalized spacial score (nSPS) is 21.5. The molecule has 1 aromatic heterocycles. The van der Waals surface area contributed by atoms with Gasteiger partial charge in [0.05, 0.1) is 6.04 Å². The monoisotopic (exact) mass is 428 g/mol. The van der Waals surface area contributed by atoms with Gasteiger partial charge in [-0.2, -0.15) is 0 Å². The van der Waals surface area contributed by atoms with Crippen molar-refractivity contribution < 1.29 is 0 Å². The Hall–Kier alpha value is -1.58. The predicted octanol–water partition coefficient (Wildman–Crippen LogP) is 6.60. The van der Waals surface area contributed by atoms with Crippen molar-refractivity contribution in [2.75, 3.05) is 0 Å². The smallest absolute Gasteiger partial charge is 0.203 e. The minimum absolute atomic E-state index is 0.0375. The first-order valence-electron chi connectivity index (χ1n) is 9.19. The molecule has 1 heterocycles. The molecule has 0 amide bonds. The van der Waals surface area contributed by atoms with E-state index < -0.39 is 0 Å². The third kappa shape index (κ3) is 3.74. The van der Waals surface area contributed by atoms with Gasteiger partial charge in [-0.15, -0.1) is 0 Å². The van der Waals surface area contributed by atoms with Crippen LogP contribution in [0.15, 0.2) is 67.0 Å². The number of aromatic nitrogens is 2. The maximum Gasteiger partial charge on any atom is 0.203 e. The second-order valence-electron chi connectivity index (χ2n) is 7.04. The van der Waals surface area contributed by atoms with Crippen LogP contribution in [0.4, 0.5) is 0 Å². The molecule has 0 saturated heterocycles. The fourth-order valence-corrected chi connectivity index (χ4v) is 5.01. The largest absolute Gasteiger partial charge is 0.310 e. The first-order valence-corrected chi connectivity index (χ1v) is 10.5. The Morgan fingerprint density at radius 3 is 2.38 bits per heavy atom. The van der Waals surface area contributed by atoms with Crippen LogP contribution in [0.25, 0.3) is 0 Å². The van der Waals surface area contributed by atoms with Crippen LogP contribution in [-0.2, 0) is 0 Å². The predicted molar refractivity (Wildman–Crippen MR) is 111 cm³/mol. The highest BCUT2D eigenvalue weighted by molar-refractivity contribution is 9.09. The minimum atomic E-state index is 0.0375. The summed E-state index contributed by atoms with van der Waals surface area (Å²) >= 11 is 10.2. The number of rotatable bonds is 4. The summed E-state index contributed by atoms with van der Waals surface area (Å²) in [4.78, 5) is 4.87. The van der Waals surface area contributed by atoms with Gasteiger partial charge in [0.2, 0.25) is 5.28 Å². The molecular weight excluding hydrogens is 408 g/mol. The molecule has 0 N–H and O–H groups in total. The highest BCUT2D eigenvalue weighted by Gasteiger charge is 2.23. The first kappa shape index (κ1) is 17.8. The van der Waals surface area contributed by atoms with Crippen LogP contribution in [0.3, 0.4) is 0 Å². The molecule has 3 unspecified atom stereocenters. The number of hydrogen-bond donors (Lipinski definition) is 0. The lowest BCUT2D eigenvalue weighted by atomic mass is 9.83. The Kier molecular flexibility index (Phi) is 5.46. The molecule has 26 heavy (non-hydrogen) atoms. The summed E-state index contributed by atoms with van der Waals surface area (Å²) in [7, 11) is 0. The average molecular weight is 430 g/mol. The van der Waals surface area contributed by atoms with E-state index in [9.17, 15) is 0 Å². The standard InChI is InChI=1S/C22H22BrClN2/c23-20-8-4-7-19(15-20)16-9-11-18(12-10-16)21(17-5-2-1-3-6-17)26-14-13-25-22(26)24/h1-3,5-6,9-14,19-21H,4,7-8,15H2. The molecule has 0 bridgehead atoms. The Bertz CT molecular complexity index is 844. The van der Waals surface area contributed by atoms with E-state index in [0.717, 1.165) is 0 Å². The summed E-state index contributed by atoms with van der Waals surface area (Å²) in [5, 5.41) is 0.511. The third-order valence-electron chi connectivity index (χ3n) is 5.35. The lowest BCUT2D eigenvalue weighted by Gasteiger charge is -2.27. The lowest BCUT2D eigenvalue weighted by molar-refractivity contribution is 0.458. The Morgan fingerprint density at radius 2 is 1.73 bits per heavy atom. The summed E-state index contributed by atoms with van der Waals surface area (Å²) < 4.78 is 2.03. The van der Waals surface area contributed by atoms with Crippen molar-refractivity contribution >= 4 is 27.5 Å². The van der Waals surface area contributed by atoms with Crippen LogP contribution in [0.2, 0.25) is 5.28 Å². The molecule has 2 nitrogen and oxygen atoms in total. The number of nitrogens with zero attached hydrogens (tertiary/aromatic N) is 2. The van der Waals surface area contributed by atoms with Gasteiger partial charge in [0.15, 0.2) is 0 Å². The van der Waals surface area contributed by atoms with Crippen LogP contribution < -0.4 is 0 Å². The Labute approximate surface area is 168 Å². The molecule has 3 atom stereocenters. The maximum atomic E-state index is 6.35. The molecular formula is C22H22BrClN2. The molecule has 1 fully saturated rings. The summed E-state index contributed by atoms with van der Waals surface area (Å²) in [5.74, 6) is 0.661. The van der Waals surface area contributed by atoms with E-state index in [4.69, 9.17) is 11.6 Å². The van der Waals surface area contributed by atoms with Crippen LogP contribution in [0, 0.1) is 0 Å². The van der Waals surface area contributed by atoms with Gasteiger partial charge in [0, 0.05) is 17.2 Å². The molecule has 1 aliphatic carbocycles. The van der Waals surface area contributed by atoms with Gasteiger partial charge in [-0.3, -0.25) is 0 Å². The van der Waals surface area contributed by atoms with Gasteiger partial charge in [-0.05, 0) is 53.5 Å². The summed E-state index contributed by atoms with van der Waals surface area (Å²) in [6.45, 7) is 0. The van der Waals surface area contributed by atoms with E-state index in [-0.39, 0.29) is 6.04 Å². The van der Waals surface area contributed by atoms with Gasteiger partial charge < -0.3 is 4.57 Å². The van der Waals surface area contributed by atoms with Crippen molar-refractivity contribution in [2.45, 2.75) is 42.5 Å². The fraction of sp³-hybridized carbons (Fsp3) is 0.318.